The molecule has 22 heavy (non-hydrogen) atoms. The van der Waals surface area contributed by atoms with E-state index in [0.29, 0.717) is 5.92 Å². The van der Waals surface area contributed by atoms with Gasteiger partial charge in [-0.25, -0.2) is 14.8 Å². The summed E-state index contributed by atoms with van der Waals surface area (Å²) in [5.74, 6) is 0.390. The molecule has 1 amide bonds. The number of anilines is 1. The standard InChI is InChI=1S/C16H26N4O2/c1-12(19-14-8-17-11-18-9-14)13-6-5-7-20(10-13)15(21)22-16(2,3)4/h8-9,11-13,19H,5-7,10H2,1-4H3. The quantitative estimate of drug-likeness (QED) is 0.930. The van der Waals surface area contributed by atoms with Gasteiger partial charge in [-0.2, -0.15) is 0 Å². The van der Waals surface area contributed by atoms with Crippen LogP contribution in [0.1, 0.15) is 40.5 Å². The van der Waals surface area contributed by atoms with Gasteiger partial charge in [-0.15, -0.1) is 0 Å². The Morgan fingerprint density at radius 1 is 1.41 bits per heavy atom. The molecule has 2 rings (SSSR count). The molecule has 0 aliphatic carbocycles. The summed E-state index contributed by atoms with van der Waals surface area (Å²) in [6.45, 7) is 9.31. The first-order valence-electron chi connectivity index (χ1n) is 7.84. The Bertz CT molecular complexity index is 487. The molecule has 1 fully saturated rings. The molecule has 2 unspecified atom stereocenters. The molecule has 122 valence electrons. The molecule has 1 saturated heterocycles. The van der Waals surface area contributed by atoms with Crippen molar-refractivity contribution in [2.75, 3.05) is 18.4 Å². The van der Waals surface area contributed by atoms with Crippen LogP contribution in [0.4, 0.5) is 10.5 Å². The number of nitrogens with one attached hydrogen (secondary N) is 1. The van der Waals surface area contributed by atoms with Crippen molar-refractivity contribution in [3.63, 3.8) is 0 Å². The normalized spacial score (nSPS) is 20.4. The second kappa shape index (κ2) is 6.94. The van der Waals surface area contributed by atoms with Gasteiger partial charge in [0.15, 0.2) is 0 Å². The largest absolute Gasteiger partial charge is 0.444 e. The summed E-state index contributed by atoms with van der Waals surface area (Å²) < 4.78 is 5.47. The minimum atomic E-state index is -0.449. The molecule has 0 spiro atoms. The van der Waals surface area contributed by atoms with E-state index < -0.39 is 5.60 Å². The maximum Gasteiger partial charge on any atom is 0.410 e. The van der Waals surface area contributed by atoms with E-state index in [9.17, 15) is 4.79 Å². The Hall–Kier alpha value is -1.85. The smallest absolute Gasteiger partial charge is 0.410 e. The van der Waals surface area contributed by atoms with Crippen molar-refractivity contribution in [1.82, 2.24) is 14.9 Å². The molecule has 0 bridgehead atoms. The maximum atomic E-state index is 12.2. The lowest BCUT2D eigenvalue weighted by Gasteiger charge is -2.37. The maximum absolute atomic E-state index is 12.2. The summed E-state index contributed by atoms with van der Waals surface area (Å²) in [5.41, 5.74) is 0.458. The fraction of sp³-hybridized carbons (Fsp3) is 0.688. The van der Waals surface area contributed by atoms with Crippen LogP contribution in [-0.2, 0) is 4.74 Å². The van der Waals surface area contributed by atoms with Crippen LogP contribution in [0.25, 0.3) is 0 Å². The van der Waals surface area contributed by atoms with Gasteiger partial charge < -0.3 is 15.0 Å². The topological polar surface area (TPSA) is 67.4 Å². The average molecular weight is 306 g/mol. The molecule has 1 aliphatic heterocycles. The van der Waals surface area contributed by atoms with Gasteiger partial charge >= 0.3 is 6.09 Å². The van der Waals surface area contributed by atoms with Crippen LogP contribution in [0.5, 0.6) is 0 Å². The number of ether oxygens (including phenoxy) is 1. The molecule has 1 N–H and O–H groups in total. The third-order valence-electron chi connectivity index (χ3n) is 3.77. The number of likely N-dealkylation sites (tertiary alicyclic amines) is 1. The highest BCUT2D eigenvalue weighted by Gasteiger charge is 2.30. The molecular formula is C16H26N4O2. The molecule has 0 saturated carbocycles. The predicted molar refractivity (Wildman–Crippen MR) is 85.6 cm³/mol. The van der Waals surface area contributed by atoms with Crippen molar-refractivity contribution in [3.8, 4) is 0 Å². The van der Waals surface area contributed by atoms with Crippen molar-refractivity contribution in [3.05, 3.63) is 18.7 Å². The second-order valence-electron chi connectivity index (χ2n) is 6.89. The van der Waals surface area contributed by atoms with Gasteiger partial charge in [0.25, 0.3) is 0 Å². The lowest BCUT2D eigenvalue weighted by Crippen LogP contribution is -2.46. The Morgan fingerprint density at radius 2 is 2.09 bits per heavy atom. The highest BCUT2D eigenvalue weighted by molar-refractivity contribution is 5.68. The highest BCUT2D eigenvalue weighted by atomic mass is 16.6. The van der Waals surface area contributed by atoms with Crippen LogP contribution in [0, 0.1) is 5.92 Å². The number of hydrogen-bond donors (Lipinski definition) is 1. The Kier molecular flexibility index (Phi) is 5.21. The van der Waals surface area contributed by atoms with E-state index in [1.54, 1.807) is 12.4 Å². The van der Waals surface area contributed by atoms with Crippen LogP contribution in [0.3, 0.4) is 0 Å². The van der Waals surface area contributed by atoms with E-state index >= 15 is 0 Å². The number of carbonyl (C=O) groups is 1. The summed E-state index contributed by atoms with van der Waals surface area (Å²) in [7, 11) is 0. The van der Waals surface area contributed by atoms with Gasteiger partial charge in [0.05, 0.1) is 18.1 Å². The van der Waals surface area contributed by atoms with Crippen molar-refractivity contribution >= 4 is 11.8 Å². The lowest BCUT2D eigenvalue weighted by atomic mass is 9.91. The zero-order chi connectivity index (χ0) is 16.2. The monoisotopic (exact) mass is 306 g/mol. The third kappa shape index (κ3) is 4.86. The number of nitrogens with zero attached hydrogens (tertiary/aromatic N) is 3. The summed E-state index contributed by atoms with van der Waals surface area (Å²) in [5, 5.41) is 3.42. The van der Waals surface area contributed by atoms with Crippen LogP contribution < -0.4 is 5.32 Å². The molecule has 6 heteroatoms. The number of rotatable bonds is 3. The van der Waals surface area contributed by atoms with E-state index in [1.807, 2.05) is 25.7 Å². The molecule has 1 aromatic rings. The summed E-state index contributed by atoms with van der Waals surface area (Å²) in [6.07, 6.45) is 6.92. The number of carbonyl (C=O) groups excluding carboxylic acids is 1. The fourth-order valence-electron chi connectivity index (χ4n) is 2.66. The number of amides is 1. The van der Waals surface area contributed by atoms with Crippen molar-refractivity contribution in [2.45, 2.75) is 52.2 Å². The molecule has 2 atom stereocenters. The van der Waals surface area contributed by atoms with Gasteiger partial charge in [0.2, 0.25) is 0 Å². The Balaban J connectivity index is 1.91. The number of hydrogen-bond acceptors (Lipinski definition) is 5. The lowest BCUT2D eigenvalue weighted by molar-refractivity contribution is 0.0159. The van der Waals surface area contributed by atoms with Gasteiger partial charge in [0, 0.05) is 19.1 Å². The fourth-order valence-corrected chi connectivity index (χ4v) is 2.66. The average Bonchev–Trinajstić information content (AvgIpc) is 2.46. The van der Waals surface area contributed by atoms with E-state index in [-0.39, 0.29) is 12.1 Å². The molecule has 0 aromatic carbocycles. The molecule has 6 nitrogen and oxygen atoms in total. The first-order valence-corrected chi connectivity index (χ1v) is 7.84. The van der Waals surface area contributed by atoms with E-state index in [4.69, 9.17) is 4.74 Å². The SMILES string of the molecule is CC(Nc1cncnc1)C1CCCN(C(=O)OC(C)(C)C)C1. The zero-order valence-electron chi connectivity index (χ0n) is 13.9. The van der Waals surface area contributed by atoms with Crippen LogP contribution in [0.2, 0.25) is 0 Å². The van der Waals surface area contributed by atoms with Crippen molar-refractivity contribution in [1.29, 1.82) is 0 Å². The van der Waals surface area contributed by atoms with Gasteiger partial charge in [-0.05, 0) is 46.5 Å². The van der Waals surface area contributed by atoms with E-state index in [0.717, 1.165) is 31.6 Å². The third-order valence-corrected chi connectivity index (χ3v) is 3.77. The molecule has 1 aromatic heterocycles. The Labute approximate surface area is 132 Å². The summed E-state index contributed by atoms with van der Waals surface area (Å²) in [6, 6.07) is 0.247. The minimum absolute atomic E-state index is 0.215. The number of piperidine rings is 1. The number of aromatic nitrogens is 2. The van der Waals surface area contributed by atoms with Crippen LogP contribution in [0.15, 0.2) is 18.7 Å². The highest BCUT2D eigenvalue weighted by Crippen LogP contribution is 2.23. The first-order chi connectivity index (χ1) is 10.3. The van der Waals surface area contributed by atoms with Crippen LogP contribution >= 0.6 is 0 Å². The molecule has 1 aliphatic rings. The predicted octanol–water partition coefficient (Wildman–Crippen LogP) is 2.92. The van der Waals surface area contributed by atoms with Crippen molar-refractivity contribution in [2.24, 2.45) is 5.92 Å². The summed E-state index contributed by atoms with van der Waals surface area (Å²) >= 11 is 0. The molecule has 0 radical (unpaired) electrons. The Morgan fingerprint density at radius 3 is 2.73 bits per heavy atom. The van der Waals surface area contributed by atoms with E-state index in [2.05, 4.69) is 22.2 Å². The van der Waals surface area contributed by atoms with E-state index in [1.165, 1.54) is 6.33 Å². The van der Waals surface area contributed by atoms with Crippen molar-refractivity contribution < 1.29 is 9.53 Å². The minimum Gasteiger partial charge on any atom is -0.444 e. The van der Waals surface area contributed by atoms with Gasteiger partial charge in [-0.1, -0.05) is 0 Å². The van der Waals surface area contributed by atoms with Gasteiger partial charge in [-0.3, -0.25) is 0 Å². The molecule has 2 heterocycles. The molecular weight excluding hydrogens is 280 g/mol. The second-order valence-corrected chi connectivity index (χ2v) is 6.89. The zero-order valence-corrected chi connectivity index (χ0v) is 13.9. The van der Waals surface area contributed by atoms with Crippen LogP contribution in [-0.4, -0.2) is 45.7 Å². The van der Waals surface area contributed by atoms with Gasteiger partial charge in [0.1, 0.15) is 11.9 Å². The first kappa shape index (κ1) is 16.5. The summed E-state index contributed by atoms with van der Waals surface area (Å²) in [4.78, 5) is 22.0.